The Morgan fingerprint density at radius 1 is 0.625 bits per heavy atom. The number of unbranched alkanes of at least 4 members (excludes halogenated alkanes) is 2. The third-order valence-corrected chi connectivity index (χ3v) is 9.10. The van der Waals surface area contributed by atoms with Gasteiger partial charge >= 0.3 is 0 Å². The summed E-state index contributed by atoms with van der Waals surface area (Å²) in [5, 5.41) is 0. The number of aromatic amines is 2. The van der Waals surface area contributed by atoms with Gasteiger partial charge in [-0.05, 0) is 129 Å². The average Bonchev–Trinajstić information content (AvgIpc) is 3.61. The highest BCUT2D eigenvalue weighted by Crippen LogP contribution is 2.29. The van der Waals surface area contributed by atoms with E-state index in [-0.39, 0.29) is 0 Å². The van der Waals surface area contributed by atoms with Crippen LogP contribution in [0.1, 0.15) is 54.5 Å². The van der Waals surface area contributed by atoms with E-state index in [9.17, 15) is 0 Å². The Morgan fingerprint density at radius 3 is 1.78 bits per heavy atom. The Morgan fingerprint density at radius 2 is 1.12 bits per heavy atom. The number of halogens is 3. The second-order valence-corrected chi connectivity index (χ2v) is 11.1. The van der Waals surface area contributed by atoms with Crippen LogP contribution in [-0.2, 0) is 6.42 Å². The molecule has 0 radical (unpaired) electrons. The lowest BCUT2D eigenvalue weighted by Crippen LogP contribution is -1.92. The Hall–Kier alpha value is -1.21. The van der Waals surface area contributed by atoms with Crippen molar-refractivity contribution in [2.45, 2.75) is 32.6 Å². The standard InChI is InChI=1S/C25H21I3N4/c1-2-3-4-5-14-15-6-8-17(29-15)23(26)19-10-12-21(31-19)25(28)22-13-11-20(32-22)24(27)18-9-7-16(14)30-18/h6-13,29,31H,2-5H2,1H3. The van der Waals surface area contributed by atoms with Gasteiger partial charge in [-0.1, -0.05) is 19.8 Å². The van der Waals surface area contributed by atoms with Crippen molar-refractivity contribution in [3.05, 3.63) is 63.3 Å². The summed E-state index contributed by atoms with van der Waals surface area (Å²) in [6.07, 6.45) is 13.0. The molecule has 5 rings (SSSR count). The Kier molecular flexibility index (Phi) is 6.75. The predicted octanol–water partition coefficient (Wildman–Crippen LogP) is 8.20. The van der Waals surface area contributed by atoms with Crippen molar-refractivity contribution in [3.8, 4) is 0 Å². The Labute approximate surface area is 227 Å². The molecule has 162 valence electrons. The van der Waals surface area contributed by atoms with Crippen molar-refractivity contribution in [2.75, 3.05) is 0 Å². The monoisotopic (exact) mass is 758 g/mol. The molecule has 0 saturated heterocycles. The summed E-state index contributed by atoms with van der Waals surface area (Å²) in [6, 6.07) is 8.65. The fourth-order valence-electron chi connectivity index (χ4n) is 3.98. The smallest absolute Gasteiger partial charge is 0.0793 e. The van der Waals surface area contributed by atoms with Crippen molar-refractivity contribution in [1.82, 2.24) is 19.9 Å². The highest BCUT2D eigenvalue weighted by Gasteiger charge is 2.14. The van der Waals surface area contributed by atoms with Crippen molar-refractivity contribution >= 4 is 114 Å². The van der Waals surface area contributed by atoms with Crippen molar-refractivity contribution in [3.63, 3.8) is 0 Å². The molecule has 0 fully saturated rings. The maximum Gasteiger partial charge on any atom is 0.0793 e. The summed E-state index contributed by atoms with van der Waals surface area (Å²) in [6.45, 7) is 2.24. The average molecular weight is 758 g/mol. The van der Waals surface area contributed by atoms with Gasteiger partial charge in [0.05, 0.1) is 50.0 Å². The van der Waals surface area contributed by atoms with Gasteiger partial charge in [0.1, 0.15) is 0 Å². The maximum atomic E-state index is 5.03. The number of aryl methyl sites for hydroxylation is 1. The van der Waals surface area contributed by atoms with Gasteiger partial charge in [0, 0.05) is 11.1 Å². The van der Waals surface area contributed by atoms with Crippen LogP contribution in [0.3, 0.4) is 0 Å². The van der Waals surface area contributed by atoms with Gasteiger partial charge in [-0.15, -0.1) is 0 Å². The topological polar surface area (TPSA) is 57.4 Å². The second kappa shape index (κ2) is 9.57. The molecule has 3 aromatic heterocycles. The molecule has 8 bridgehead atoms. The van der Waals surface area contributed by atoms with E-state index in [1.165, 1.54) is 22.0 Å². The van der Waals surface area contributed by atoms with Crippen LogP contribution in [0.4, 0.5) is 0 Å². The van der Waals surface area contributed by atoms with Crippen LogP contribution < -0.4 is 0 Å². The lowest BCUT2D eigenvalue weighted by Gasteiger charge is -2.03. The first-order valence-corrected chi connectivity index (χ1v) is 13.9. The molecule has 0 saturated carbocycles. The quantitative estimate of drug-likeness (QED) is 0.144. The summed E-state index contributed by atoms with van der Waals surface area (Å²) >= 11 is 7.18. The molecule has 2 N–H and O–H groups in total. The number of hydrogen-bond donors (Lipinski definition) is 2. The van der Waals surface area contributed by atoms with E-state index < -0.39 is 0 Å². The minimum absolute atomic E-state index is 0.967. The number of nitrogens with zero attached hydrogens (tertiary/aromatic N) is 2. The Balaban J connectivity index is 1.87. The van der Waals surface area contributed by atoms with Crippen LogP contribution in [0.2, 0.25) is 0 Å². The number of hydrogen-bond acceptors (Lipinski definition) is 2. The third-order valence-electron chi connectivity index (χ3n) is 5.70. The zero-order valence-corrected chi connectivity index (χ0v) is 23.9. The summed E-state index contributed by atoms with van der Waals surface area (Å²) in [5.41, 5.74) is 9.71. The fraction of sp³-hybridized carbons (Fsp3) is 0.200. The molecule has 0 atom stereocenters. The van der Waals surface area contributed by atoms with E-state index >= 15 is 0 Å². The molecule has 3 aromatic rings. The lowest BCUT2D eigenvalue weighted by atomic mass is 10.1. The Bertz CT molecular complexity index is 1430. The first-order chi connectivity index (χ1) is 15.5. The minimum Gasteiger partial charge on any atom is -0.354 e. The number of H-pyrrole nitrogens is 2. The highest BCUT2D eigenvalue weighted by atomic mass is 127. The number of fused-ring (bicyclic) bond motifs is 8. The first kappa shape index (κ1) is 22.6. The molecule has 0 aliphatic carbocycles. The van der Waals surface area contributed by atoms with Crippen LogP contribution in [0.25, 0.3) is 46.4 Å². The molecular weight excluding hydrogens is 737 g/mol. The van der Waals surface area contributed by atoms with Crippen LogP contribution in [0, 0.1) is 10.7 Å². The van der Waals surface area contributed by atoms with Gasteiger partial charge in [0.15, 0.2) is 0 Å². The summed E-state index contributed by atoms with van der Waals surface area (Å²) < 4.78 is 3.35. The lowest BCUT2D eigenvalue weighted by molar-refractivity contribution is 0.717. The number of rotatable bonds is 4. The molecule has 2 aliphatic heterocycles. The molecule has 0 spiro atoms. The molecule has 7 heteroatoms. The normalized spacial score (nSPS) is 12.6. The van der Waals surface area contributed by atoms with Crippen molar-refractivity contribution in [2.24, 2.45) is 0 Å². The number of aromatic nitrogens is 4. The molecule has 32 heavy (non-hydrogen) atoms. The van der Waals surface area contributed by atoms with Crippen LogP contribution in [-0.4, -0.2) is 19.9 Å². The third kappa shape index (κ3) is 4.31. The molecular formula is C25H21I3N4. The molecule has 2 aliphatic rings. The predicted molar refractivity (Wildman–Crippen MR) is 160 cm³/mol. The van der Waals surface area contributed by atoms with E-state index in [0.29, 0.717) is 0 Å². The summed E-state index contributed by atoms with van der Waals surface area (Å²) in [7, 11) is 0. The van der Waals surface area contributed by atoms with Gasteiger partial charge < -0.3 is 9.97 Å². The summed E-state index contributed by atoms with van der Waals surface area (Å²) in [4.78, 5) is 17.2. The maximum absolute atomic E-state index is 5.03. The van der Waals surface area contributed by atoms with Gasteiger partial charge in [-0.2, -0.15) is 0 Å². The molecule has 0 aromatic carbocycles. The van der Waals surface area contributed by atoms with E-state index in [1.807, 2.05) is 0 Å². The zero-order chi connectivity index (χ0) is 22.2. The van der Waals surface area contributed by atoms with Crippen LogP contribution in [0.15, 0.2) is 24.3 Å². The largest absolute Gasteiger partial charge is 0.354 e. The first-order valence-electron chi connectivity index (χ1n) is 10.7. The highest BCUT2D eigenvalue weighted by molar-refractivity contribution is 14.1. The minimum atomic E-state index is 0.967. The van der Waals surface area contributed by atoms with E-state index in [4.69, 9.17) is 9.97 Å². The summed E-state index contributed by atoms with van der Waals surface area (Å²) in [5.74, 6) is 0. The number of nitrogens with one attached hydrogen (secondary N) is 2. The SMILES string of the molecule is CCCCCc1c2nc(c(I)c3nc(c(I)c4ccc([nH]4)c(I)c4ccc1[nH]4)C=C3)C=C2. The van der Waals surface area contributed by atoms with Gasteiger partial charge in [0.25, 0.3) is 0 Å². The van der Waals surface area contributed by atoms with E-state index in [0.717, 1.165) is 64.8 Å². The molecule has 4 nitrogen and oxygen atoms in total. The van der Waals surface area contributed by atoms with Crippen molar-refractivity contribution in [1.29, 1.82) is 0 Å². The van der Waals surface area contributed by atoms with E-state index in [1.54, 1.807) is 0 Å². The van der Waals surface area contributed by atoms with Crippen LogP contribution in [0.5, 0.6) is 0 Å². The zero-order valence-electron chi connectivity index (χ0n) is 17.5. The molecule has 0 amide bonds. The molecule has 5 heterocycles. The molecule has 0 unspecified atom stereocenters. The van der Waals surface area contributed by atoms with E-state index in [2.05, 4.69) is 133 Å². The fourth-order valence-corrected chi connectivity index (χ4v) is 5.82. The van der Waals surface area contributed by atoms with Gasteiger partial charge in [0.2, 0.25) is 0 Å². The van der Waals surface area contributed by atoms with Crippen LogP contribution >= 0.6 is 67.8 Å². The van der Waals surface area contributed by atoms with Crippen molar-refractivity contribution < 1.29 is 0 Å². The van der Waals surface area contributed by atoms with Gasteiger partial charge in [-0.25, -0.2) is 9.97 Å². The second-order valence-electron chi connectivity index (χ2n) is 7.88. The van der Waals surface area contributed by atoms with Gasteiger partial charge in [-0.3, -0.25) is 0 Å².